The number of carbonyl (C=O) groups is 4. The Kier molecular flexibility index (Phi) is 28.1. The highest BCUT2D eigenvalue weighted by molar-refractivity contribution is 7.91. The number of nitrogens with one attached hydrogen (secondary N) is 3. The number of fused-ring (bicyclic) bond motifs is 7. The second-order valence-corrected chi connectivity index (χ2v) is 36.2. The number of hydrogen-bond acceptors (Lipinski definition) is 17. The molecule has 1 heterocycles. The lowest BCUT2D eigenvalue weighted by Crippen LogP contribution is -2.37. The lowest BCUT2D eigenvalue weighted by molar-refractivity contribution is -0.144. The number of sulfone groups is 2. The zero-order valence-corrected chi connectivity index (χ0v) is 70.6. The van der Waals surface area contributed by atoms with E-state index in [0.29, 0.717) is 48.5 Å². The average molecular weight is 1870 g/mol. The molecule has 678 valence electrons. The number of allylic oxidation sites excluding steroid dienone is 3. The van der Waals surface area contributed by atoms with Crippen molar-refractivity contribution in [1.29, 1.82) is 10.5 Å². The molecule has 10 aromatic rings. The summed E-state index contributed by atoms with van der Waals surface area (Å²) < 4.78 is 328. The maximum atomic E-state index is 14.0. The highest BCUT2D eigenvalue weighted by atomic mass is 32.2. The van der Waals surface area contributed by atoms with Gasteiger partial charge in [0, 0.05) is 93.8 Å². The highest BCUT2D eigenvalue weighted by Crippen LogP contribution is 2.62. The van der Waals surface area contributed by atoms with Gasteiger partial charge in [-0.15, -0.1) is 0 Å². The average Bonchev–Trinajstić information content (AvgIpc) is 1.60. The highest BCUT2D eigenvalue weighted by Gasteiger charge is 2.44. The maximum absolute atomic E-state index is 14.0. The molecule has 129 heavy (non-hydrogen) atoms. The number of halogens is 18. The largest absolute Gasteiger partial charge is 0.584 e. The van der Waals surface area contributed by atoms with Gasteiger partial charge in [-0.1, -0.05) is 72.8 Å². The number of anilines is 2. The first-order chi connectivity index (χ1) is 59.5. The van der Waals surface area contributed by atoms with Crippen LogP contribution in [0.1, 0.15) is 129 Å². The van der Waals surface area contributed by atoms with E-state index in [1.165, 1.54) is 103 Å². The summed E-state index contributed by atoms with van der Waals surface area (Å²) >= 11 is 0. The van der Waals surface area contributed by atoms with Gasteiger partial charge in [0.15, 0.2) is 31.2 Å². The molecular weight excluding hydrogens is 1800 g/mol. The number of ether oxygens (including phenoxy) is 2. The Morgan fingerprint density at radius 2 is 0.915 bits per heavy atom. The molecule has 0 fully saturated rings. The summed E-state index contributed by atoms with van der Waals surface area (Å²) in [6, 6.07) is 34.6. The minimum absolute atomic E-state index is 0.000485. The zero-order chi connectivity index (χ0) is 95.7. The van der Waals surface area contributed by atoms with Gasteiger partial charge in [-0.3, -0.25) is 14.5 Å². The lowest BCUT2D eigenvalue weighted by Gasteiger charge is -2.26. The first kappa shape index (κ1) is 98.1. The second kappa shape index (κ2) is 37.0. The Bertz CT molecular complexity index is 6380. The third-order valence-corrected chi connectivity index (χ3v) is 21.8. The molecule has 1 atom stereocenters. The monoisotopic (exact) mass is 1870 g/mol. The minimum Gasteiger partial charge on any atom is -0.444 e. The van der Waals surface area contributed by atoms with Crippen molar-refractivity contribution in [2.45, 2.75) is 131 Å². The van der Waals surface area contributed by atoms with Crippen molar-refractivity contribution in [1.82, 2.24) is 5.32 Å². The fraction of sp³-hybridized carbons (Fsp3) is 0.239. The van der Waals surface area contributed by atoms with Crippen molar-refractivity contribution >= 4 is 90.4 Å². The Morgan fingerprint density at radius 3 is 1.32 bits per heavy atom. The van der Waals surface area contributed by atoms with Crippen molar-refractivity contribution in [2.75, 3.05) is 23.1 Å². The number of phosphoric ester groups is 1. The molecule has 0 bridgehead atoms. The number of Topliss-reactive ketones (excluding diaryl/α,β-unsaturated/α-hetero) is 1. The summed E-state index contributed by atoms with van der Waals surface area (Å²) in [7, 11) is -13.1. The van der Waals surface area contributed by atoms with Gasteiger partial charge in [-0.25, -0.2) is 31.0 Å². The Hall–Kier alpha value is -13.0. The topological polar surface area (TPSA) is 307 Å². The number of rotatable bonds is 12. The lowest BCUT2D eigenvalue weighted by atomic mass is 9.85. The van der Waals surface area contributed by atoms with Gasteiger partial charge in [0.25, 0.3) is 0 Å². The van der Waals surface area contributed by atoms with Crippen molar-refractivity contribution in [3.8, 4) is 57.0 Å². The molecule has 0 radical (unpaired) electrons. The van der Waals surface area contributed by atoms with Crippen LogP contribution in [-0.2, 0) is 80.4 Å². The van der Waals surface area contributed by atoms with E-state index in [1.807, 2.05) is 12.1 Å². The predicted octanol–water partition coefficient (Wildman–Crippen LogP) is 23.9. The molecule has 0 aromatic heterocycles. The van der Waals surface area contributed by atoms with Gasteiger partial charge in [0.05, 0.1) is 72.5 Å². The maximum Gasteiger partial charge on any atom is 0.584 e. The SMILES string of the molecule is CC(C)(C)OC(=O)N=Cc1ccc(C#N)cc1S(C)(=O)=O.CC(C)(C)OC(=O)N[C@@H](C1=C(Nc2cccc(C(F)(F)F)c2)CCC1=O)c1ccc(C#N)cc1S(C)(=O)=O.O=C1C=C(Nc2cccc(C(F)(F)F)c2)CC1.O=P1(O)Oc2c(-c3cc(C(F)(F)F)cc(C(F)(F)F)c3)cc3ccccc3c2-c2c(c(-c3cc(C(F)(F)F)cc(C(F)(F)F)c3)cc3ccccc23)O1. The van der Waals surface area contributed by atoms with Gasteiger partial charge in [-0.05, 0) is 202 Å². The predicted molar refractivity (Wildman–Crippen MR) is 437 cm³/mol. The fourth-order valence-corrected chi connectivity index (χ4v) is 16.0. The van der Waals surface area contributed by atoms with E-state index in [0.717, 1.165) is 61.2 Å². The number of carbonyl (C=O) groups excluding carboxylic acids is 4. The molecular formula is C88H69F18N6O14PS2. The molecule has 4 N–H and O–H groups in total. The fourth-order valence-electron chi connectivity index (χ4n) is 13.3. The number of aliphatic imine (C=N–C) groups is 1. The Balaban J connectivity index is 0.000000197. The van der Waals surface area contributed by atoms with Crippen LogP contribution in [0.15, 0.2) is 220 Å². The van der Waals surface area contributed by atoms with Crippen molar-refractivity contribution in [3.63, 3.8) is 0 Å². The van der Waals surface area contributed by atoms with Crippen LogP contribution >= 0.6 is 7.82 Å². The summed E-state index contributed by atoms with van der Waals surface area (Å²) in [5.74, 6) is -1.94. The van der Waals surface area contributed by atoms with E-state index >= 15 is 0 Å². The van der Waals surface area contributed by atoms with E-state index in [2.05, 4.69) is 20.9 Å². The standard InChI is InChI=1S/C36H17F12O4P.C26H26F3N3O5S.C14H16N2O4S.C12H10F3NO/c37-33(38,39)21-9-19(10-22(15-21)34(40,41)42)27-13-17-5-1-3-7-25(17)29-30-26-8-4-2-6-18(26)14-28(32(30)52-53(49,50)51-31(27)29)20-11-23(35(43,44)45)16-24(12-20)36(46,47)48;1-25(2,3)37-24(34)32-23(18-9-8-15(14-30)12-21(18)38(4,35)36)22-19(10-11-20(22)33)31-17-7-5-6-16(13-17)26(27,28)29;1-14(2,3)20-13(17)16-9-11-6-5-10(8-15)7-12(11)21(4,18)19;13-12(14,15)8-2-1-3-9(6-8)16-10-4-5-11(17)7-10/h1-16H,(H,49,50);5-9,12-13,23,31H,10-11H2,1-4H3,(H,32,34);5-7,9H,1-4H3;1-3,6-7,16H,4-5H2/t;23-;;/m.1../s1. The van der Waals surface area contributed by atoms with Crippen LogP contribution in [0.5, 0.6) is 11.5 Å². The number of benzene rings is 10. The molecule has 1 aliphatic heterocycles. The van der Waals surface area contributed by atoms with Gasteiger partial charge in [-0.2, -0.15) is 94.5 Å². The summed E-state index contributed by atoms with van der Waals surface area (Å²) in [4.78, 5) is 62.6. The van der Waals surface area contributed by atoms with Crippen molar-refractivity contribution in [3.05, 3.63) is 261 Å². The number of nitriles is 2. The number of alkyl halides is 18. The third kappa shape index (κ3) is 25.1. The van der Waals surface area contributed by atoms with Crippen LogP contribution in [-0.4, -0.2) is 75.4 Å². The van der Waals surface area contributed by atoms with Crippen LogP contribution in [0.25, 0.3) is 54.9 Å². The van der Waals surface area contributed by atoms with Crippen LogP contribution in [0.3, 0.4) is 0 Å². The third-order valence-electron chi connectivity index (χ3n) is 18.7. The zero-order valence-electron chi connectivity index (χ0n) is 68.0. The Morgan fingerprint density at radius 1 is 0.496 bits per heavy atom. The number of ketones is 2. The van der Waals surface area contributed by atoms with Crippen LogP contribution in [0.2, 0.25) is 0 Å². The summed E-state index contributed by atoms with van der Waals surface area (Å²) in [6.07, 6.45) is -26.3. The molecule has 0 spiro atoms. The van der Waals surface area contributed by atoms with Gasteiger partial charge < -0.3 is 34.5 Å². The minimum atomic E-state index is -5.61. The van der Waals surface area contributed by atoms with Gasteiger partial charge >= 0.3 is 57.1 Å². The van der Waals surface area contributed by atoms with Gasteiger partial charge in [0.1, 0.15) is 22.7 Å². The molecule has 10 aromatic carbocycles. The summed E-state index contributed by atoms with van der Waals surface area (Å²) in [5, 5.41) is 26.8. The smallest absolute Gasteiger partial charge is 0.444 e. The van der Waals surface area contributed by atoms with E-state index in [4.69, 9.17) is 23.8 Å². The molecule has 0 saturated heterocycles. The van der Waals surface area contributed by atoms with E-state index in [-0.39, 0.29) is 112 Å². The molecule has 20 nitrogen and oxygen atoms in total. The van der Waals surface area contributed by atoms with E-state index in [9.17, 15) is 130 Å². The van der Waals surface area contributed by atoms with E-state index < -0.39 is 167 Å². The molecule has 2 amide bonds. The van der Waals surface area contributed by atoms with Gasteiger partial charge in [0.2, 0.25) is 0 Å². The van der Waals surface area contributed by atoms with Crippen molar-refractivity contribution < 1.29 is 143 Å². The molecule has 0 unspecified atom stereocenters. The van der Waals surface area contributed by atoms with E-state index in [1.54, 1.807) is 47.6 Å². The van der Waals surface area contributed by atoms with Crippen LogP contribution in [0, 0.1) is 22.7 Å². The number of hydrogen-bond donors (Lipinski definition) is 4. The second-order valence-electron chi connectivity index (χ2n) is 30.9. The van der Waals surface area contributed by atoms with Crippen LogP contribution < -0.4 is 25.0 Å². The molecule has 2 aliphatic carbocycles. The number of phosphoric acid groups is 1. The molecule has 41 heteroatoms. The number of alkyl carbamates (subject to hydrolysis) is 1. The molecule has 0 saturated carbocycles. The summed E-state index contributed by atoms with van der Waals surface area (Å²) in [5.41, 5.74) is -11.5. The quantitative estimate of drug-likeness (QED) is 0.0502. The summed E-state index contributed by atoms with van der Waals surface area (Å²) in [6.45, 7) is 9.95. The molecule has 3 aliphatic rings. The van der Waals surface area contributed by atoms with Crippen molar-refractivity contribution in [2.24, 2.45) is 4.99 Å². The first-order valence-electron chi connectivity index (χ1n) is 37.5. The van der Waals surface area contributed by atoms with Crippen LogP contribution in [0.4, 0.5) is 100.0 Å². The number of nitrogens with zero attached hydrogens (tertiary/aromatic N) is 3. The Labute approximate surface area is 722 Å². The molecule has 13 rings (SSSR count). The number of amides is 2. The first-order valence-corrected chi connectivity index (χ1v) is 42.8. The normalized spacial score (nSPS) is 14.6.